The lowest BCUT2D eigenvalue weighted by Gasteiger charge is -2.16. The van der Waals surface area contributed by atoms with E-state index >= 15 is 0 Å². The Bertz CT molecular complexity index is 529. The molecule has 1 rings (SSSR count). The number of hydrogen-bond donors (Lipinski definition) is 5. The van der Waals surface area contributed by atoms with Crippen molar-refractivity contribution in [3.05, 3.63) is 29.8 Å². The molecule has 0 saturated carbocycles. The van der Waals surface area contributed by atoms with Crippen LogP contribution >= 0.6 is 0 Å². The second-order valence-electron chi connectivity index (χ2n) is 4.55. The Labute approximate surface area is 120 Å². The van der Waals surface area contributed by atoms with Crippen molar-refractivity contribution in [1.29, 1.82) is 0 Å². The number of carbonyl (C=O) groups is 3. The van der Waals surface area contributed by atoms with Crippen LogP contribution in [0.5, 0.6) is 5.75 Å². The van der Waals surface area contributed by atoms with Gasteiger partial charge in [0.1, 0.15) is 11.8 Å². The first kappa shape index (κ1) is 16.4. The fourth-order valence-electron chi connectivity index (χ4n) is 1.66. The van der Waals surface area contributed by atoms with Crippen LogP contribution in [0.25, 0.3) is 0 Å². The molecule has 2 amide bonds. The van der Waals surface area contributed by atoms with Gasteiger partial charge in [0, 0.05) is 0 Å². The number of rotatable bonds is 7. The molecule has 1 aromatic carbocycles. The molecule has 1 aromatic rings. The van der Waals surface area contributed by atoms with Gasteiger partial charge in [-0.25, -0.2) is 4.79 Å². The third kappa shape index (κ3) is 5.49. The molecule has 0 spiro atoms. The summed E-state index contributed by atoms with van der Waals surface area (Å²) in [5, 5.41) is 20.2. The number of nitrogens with one attached hydrogen (secondary N) is 1. The van der Waals surface area contributed by atoms with E-state index in [1.54, 1.807) is 12.1 Å². The second-order valence-corrected chi connectivity index (χ2v) is 4.55. The Kier molecular flexibility index (Phi) is 5.67. The predicted molar refractivity (Wildman–Crippen MR) is 73.2 cm³/mol. The molecule has 114 valence electrons. The molecule has 0 fully saturated rings. The van der Waals surface area contributed by atoms with E-state index in [0.29, 0.717) is 5.56 Å². The SMILES string of the molecule is NC(=O)C[C@H](NC(=O)[C@@H](N)Cc1ccc(O)cc1)C(=O)O. The summed E-state index contributed by atoms with van der Waals surface area (Å²) in [6, 6.07) is 3.71. The Morgan fingerprint density at radius 1 is 1.19 bits per heavy atom. The summed E-state index contributed by atoms with van der Waals surface area (Å²) in [4.78, 5) is 33.4. The number of hydrogen-bond acceptors (Lipinski definition) is 5. The summed E-state index contributed by atoms with van der Waals surface area (Å²) in [6.45, 7) is 0. The van der Waals surface area contributed by atoms with E-state index < -0.39 is 36.3 Å². The highest BCUT2D eigenvalue weighted by Crippen LogP contribution is 2.11. The predicted octanol–water partition coefficient (Wildman–Crippen LogP) is -1.29. The van der Waals surface area contributed by atoms with Gasteiger partial charge in [0.25, 0.3) is 0 Å². The van der Waals surface area contributed by atoms with Gasteiger partial charge >= 0.3 is 5.97 Å². The van der Waals surface area contributed by atoms with Crippen molar-refractivity contribution >= 4 is 17.8 Å². The second kappa shape index (κ2) is 7.25. The van der Waals surface area contributed by atoms with Crippen molar-refractivity contribution in [3.63, 3.8) is 0 Å². The van der Waals surface area contributed by atoms with E-state index in [2.05, 4.69) is 5.32 Å². The van der Waals surface area contributed by atoms with Gasteiger partial charge in [0.2, 0.25) is 11.8 Å². The van der Waals surface area contributed by atoms with Crippen LogP contribution in [0.2, 0.25) is 0 Å². The molecule has 0 bridgehead atoms. The Hall–Kier alpha value is -2.61. The van der Waals surface area contributed by atoms with Crippen molar-refractivity contribution < 1.29 is 24.6 Å². The van der Waals surface area contributed by atoms with Gasteiger partial charge in [0.15, 0.2) is 0 Å². The van der Waals surface area contributed by atoms with Crippen LogP contribution in [0, 0.1) is 0 Å². The fraction of sp³-hybridized carbons (Fsp3) is 0.308. The average Bonchev–Trinajstić information content (AvgIpc) is 2.39. The van der Waals surface area contributed by atoms with E-state index in [-0.39, 0.29) is 12.2 Å². The maximum absolute atomic E-state index is 11.8. The number of amides is 2. The first-order chi connectivity index (χ1) is 9.79. The number of nitrogens with two attached hydrogens (primary N) is 2. The number of phenols is 1. The zero-order valence-corrected chi connectivity index (χ0v) is 11.2. The number of primary amides is 1. The van der Waals surface area contributed by atoms with Crippen LogP contribution in [0.15, 0.2) is 24.3 Å². The molecular formula is C13H17N3O5. The minimum absolute atomic E-state index is 0.0872. The van der Waals surface area contributed by atoms with Gasteiger partial charge in [-0.2, -0.15) is 0 Å². The molecule has 0 aliphatic rings. The topological polar surface area (TPSA) is 156 Å². The largest absolute Gasteiger partial charge is 0.508 e. The van der Waals surface area contributed by atoms with Gasteiger partial charge < -0.3 is 27.0 Å². The highest BCUT2D eigenvalue weighted by Gasteiger charge is 2.24. The number of carboxylic acids is 1. The number of aliphatic carboxylic acids is 1. The third-order valence-corrected chi connectivity index (χ3v) is 2.75. The molecular weight excluding hydrogens is 278 g/mol. The summed E-state index contributed by atoms with van der Waals surface area (Å²) >= 11 is 0. The summed E-state index contributed by atoms with van der Waals surface area (Å²) in [7, 11) is 0. The van der Waals surface area contributed by atoms with Crippen molar-refractivity contribution in [2.24, 2.45) is 11.5 Å². The van der Waals surface area contributed by atoms with Crippen LogP contribution < -0.4 is 16.8 Å². The van der Waals surface area contributed by atoms with E-state index in [4.69, 9.17) is 21.7 Å². The molecule has 8 nitrogen and oxygen atoms in total. The van der Waals surface area contributed by atoms with Crippen LogP contribution in [-0.2, 0) is 20.8 Å². The summed E-state index contributed by atoms with van der Waals surface area (Å²) in [5.74, 6) is -2.81. The lowest BCUT2D eigenvalue weighted by atomic mass is 10.1. The average molecular weight is 295 g/mol. The molecule has 21 heavy (non-hydrogen) atoms. The molecule has 0 aliphatic heterocycles. The maximum Gasteiger partial charge on any atom is 0.326 e. The standard InChI is InChI=1S/C13H17N3O5/c14-9(5-7-1-3-8(17)4-2-7)12(19)16-10(13(20)21)6-11(15)18/h1-4,9-10,17H,5-6,14H2,(H2,15,18)(H,16,19)(H,20,21)/t9-,10-/m0/s1. The molecule has 0 radical (unpaired) electrons. The summed E-state index contributed by atoms with van der Waals surface area (Å²) < 4.78 is 0. The quantitative estimate of drug-likeness (QED) is 0.421. The molecule has 2 atom stereocenters. The van der Waals surface area contributed by atoms with Crippen molar-refractivity contribution in [2.75, 3.05) is 0 Å². The summed E-state index contributed by atoms with van der Waals surface area (Å²) in [5.41, 5.74) is 11.3. The van der Waals surface area contributed by atoms with E-state index in [1.165, 1.54) is 12.1 Å². The first-order valence-electron chi connectivity index (χ1n) is 6.14. The van der Waals surface area contributed by atoms with Crippen molar-refractivity contribution in [3.8, 4) is 5.75 Å². The van der Waals surface area contributed by atoms with Crippen LogP contribution in [0.3, 0.4) is 0 Å². The van der Waals surface area contributed by atoms with Gasteiger partial charge in [-0.3, -0.25) is 9.59 Å². The first-order valence-corrected chi connectivity index (χ1v) is 6.14. The fourth-order valence-corrected chi connectivity index (χ4v) is 1.66. The molecule has 0 saturated heterocycles. The number of benzene rings is 1. The van der Waals surface area contributed by atoms with Crippen LogP contribution in [0.1, 0.15) is 12.0 Å². The molecule has 0 aliphatic carbocycles. The van der Waals surface area contributed by atoms with E-state index in [1.807, 2.05) is 0 Å². The third-order valence-electron chi connectivity index (χ3n) is 2.75. The van der Waals surface area contributed by atoms with Gasteiger partial charge in [-0.1, -0.05) is 12.1 Å². The molecule has 0 heterocycles. The number of aromatic hydroxyl groups is 1. The molecule has 8 heteroatoms. The highest BCUT2D eigenvalue weighted by molar-refractivity contribution is 5.90. The minimum atomic E-state index is -1.40. The normalized spacial score (nSPS) is 13.2. The summed E-state index contributed by atoms with van der Waals surface area (Å²) in [6.07, 6.45) is -0.345. The number of phenolic OH excluding ortho intramolecular Hbond substituents is 1. The van der Waals surface area contributed by atoms with E-state index in [9.17, 15) is 14.4 Å². The van der Waals surface area contributed by atoms with Crippen LogP contribution in [0.4, 0.5) is 0 Å². The lowest BCUT2D eigenvalue weighted by Crippen LogP contribution is -2.50. The van der Waals surface area contributed by atoms with Crippen molar-refractivity contribution in [1.82, 2.24) is 5.32 Å². The highest BCUT2D eigenvalue weighted by atomic mass is 16.4. The monoisotopic (exact) mass is 295 g/mol. The Balaban J connectivity index is 2.62. The maximum atomic E-state index is 11.8. The number of carboxylic acid groups (broad SMARTS) is 1. The van der Waals surface area contributed by atoms with Crippen molar-refractivity contribution in [2.45, 2.75) is 24.9 Å². The minimum Gasteiger partial charge on any atom is -0.508 e. The Morgan fingerprint density at radius 3 is 2.24 bits per heavy atom. The molecule has 0 aromatic heterocycles. The zero-order chi connectivity index (χ0) is 16.0. The van der Waals surface area contributed by atoms with Gasteiger partial charge in [0.05, 0.1) is 12.5 Å². The zero-order valence-electron chi connectivity index (χ0n) is 11.2. The van der Waals surface area contributed by atoms with Gasteiger partial charge in [-0.05, 0) is 24.1 Å². The number of carbonyl (C=O) groups excluding carboxylic acids is 2. The Morgan fingerprint density at radius 2 is 1.76 bits per heavy atom. The van der Waals surface area contributed by atoms with E-state index in [0.717, 1.165) is 0 Å². The molecule has 0 unspecified atom stereocenters. The molecule has 7 N–H and O–H groups in total. The van der Waals surface area contributed by atoms with Gasteiger partial charge in [-0.15, -0.1) is 0 Å². The van der Waals surface area contributed by atoms with Crippen LogP contribution in [-0.4, -0.2) is 40.1 Å². The lowest BCUT2D eigenvalue weighted by molar-refractivity contribution is -0.143. The smallest absolute Gasteiger partial charge is 0.326 e.